The molecule has 0 radical (unpaired) electrons. The van der Waals surface area contributed by atoms with Crippen molar-refractivity contribution in [1.29, 1.82) is 0 Å². The summed E-state index contributed by atoms with van der Waals surface area (Å²) in [6, 6.07) is 7.74. The van der Waals surface area contributed by atoms with Crippen LogP contribution < -0.4 is 10.1 Å². The minimum atomic E-state index is 0.509. The highest BCUT2D eigenvalue weighted by Gasteiger charge is 2.26. The molecule has 1 N–H and O–H groups in total. The molecule has 21 heavy (non-hydrogen) atoms. The van der Waals surface area contributed by atoms with Gasteiger partial charge in [0.2, 0.25) is 0 Å². The molecule has 1 aromatic rings. The quantitative estimate of drug-likeness (QED) is 0.869. The van der Waals surface area contributed by atoms with Crippen molar-refractivity contribution >= 4 is 0 Å². The standard InChI is InChI=1S/C18H30N2O/c1-13(2)19-10-16-6-7-18(21-5)17(9-16)12-20-11-14(3)8-15(20)4/h6-7,9,13-15,19H,8,10-12H2,1-5H3. The molecule has 1 aliphatic rings. The van der Waals surface area contributed by atoms with Crippen molar-refractivity contribution in [2.45, 2.75) is 59.3 Å². The Labute approximate surface area is 129 Å². The first-order valence-corrected chi connectivity index (χ1v) is 8.12. The molecule has 1 fully saturated rings. The summed E-state index contributed by atoms with van der Waals surface area (Å²) in [5, 5.41) is 3.48. The topological polar surface area (TPSA) is 24.5 Å². The van der Waals surface area contributed by atoms with Crippen LogP contribution in [0.2, 0.25) is 0 Å². The predicted molar refractivity (Wildman–Crippen MR) is 88.6 cm³/mol. The fourth-order valence-corrected chi connectivity index (χ4v) is 3.21. The Morgan fingerprint density at radius 3 is 2.67 bits per heavy atom. The van der Waals surface area contributed by atoms with Crippen molar-refractivity contribution in [3.8, 4) is 5.75 Å². The number of ether oxygens (including phenoxy) is 1. The minimum Gasteiger partial charge on any atom is -0.496 e. The molecule has 2 unspecified atom stereocenters. The van der Waals surface area contributed by atoms with E-state index in [1.54, 1.807) is 7.11 Å². The van der Waals surface area contributed by atoms with Crippen LogP contribution >= 0.6 is 0 Å². The van der Waals surface area contributed by atoms with Crippen LogP contribution in [0.3, 0.4) is 0 Å². The number of hydrogen-bond donors (Lipinski definition) is 1. The molecule has 1 aromatic carbocycles. The largest absolute Gasteiger partial charge is 0.496 e. The van der Waals surface area contributed by atoms with Crippen LogP contribution in [-0.4, -0.2) is 30.6 Å². The summed E-state index contributed by atoms with van der Waals surface area (Å²) in [5.74, 6) is 1.81. The third kappa shape index (κ3) is 4.45. The van der Waals surface area contributed by atoms with E-state index in [1.807, 2.05) is 0 Å². The summed E-state index contributed by atoms with van der Waals surface area (Å²) in [4.78, 5) is 2.57. The fraction of sp³-hybridized carbons (Fsp3) is 0.667. The van der Waals surface area contributed by atoms with Gasteiger partial charge in [-0.3, -0.25) is 4.90 Å². The average molecular weight is 290 g/mol. The second-order valence-corrected chi connectivity index (χ2v) is 6.80. The molecule has 2 atom stereocenters. The first kappa shape index (κ1) is 16.3. The van der Waals surface area contributed by atoms with E-state index in [1.165, 1.54) is 24.1 Å². The van der Waals surface area contributed by atoms with Crippen LogP contribution in [0.4, 0.5) is 0 Å². The van der Waals surface area contributed by atoms with Crippen LogP contribution in [0.5, 0.6) is 5.75 Å². The molecule has 1 aliphatic heterocycles. The average Bonchev–Trinajstić information content (AvgIpc) is 2.75. The van der Waals surface area contributed by atoms with Gasteiger partial charge in [-0.2, -0.15) is 0 Å². The van der Waals surface area contributed by atoms with Crippen molar-refractivity contribution in [2.75, 3.05) is 13.7 Å². The van der Waals surface area contributed by atoms with E-state index in [0.717, 1.165) is 24.8 Å². The van der Waals surface area contributed by atoms with E-state index in [-0.39, 0.29) is 0 Å². The molecule has 2 rings (SSSR count). The van der Waals surface area contributed by atoms with Gasteiger partial charge in [0, 0.05) is 37.3 Å². The van der Waals surface area contributed by atoms with Gasteiger partial charge >= 0.3 is 0 Å². The van der Waals surface area contributed by atoms with Crippen molar-refractivity contribution in [3.63, 3.8) is 0 Å². The molecule has 0 aromatic heterocycles. The minimum absolute atomic E-state index is 0.509. The van der Waals surface area contributed by atoms with E-state index in [4.69, 9.17) is 4.74 Å². The van der Waals surface area contributed by atoms with Gasteiger partial charge < -0.3 is 10.1 Å². The Balaban J connectivity index is 2.10. The van der Waals surface area contributed by atoms with E-state index in [9.17, 15) is 0 Å². The van der Waals surface area contributed by atoms with Crippen molar-refractivity contribution in [3.05, 3.63) is 29.3 Å². The maximum Gasteiger partial charge on any atom is 0.123 e. The molecule has 0 spiro atoms. The Hall–Kier alpha value is -1.06. The first-order valence-electron chi connectivity index (χ1n) is 8.12. The zero-order chi connectivity index (χ0) is 15.4. The molecule has 3 heteroatoms. The third-order valence-electron chi connectivity index (χ3n) is 4.35. The molecule has 0 amide bonds. The molecule has 1 saturated heterocycles. The van der Waals surface area contributed by atoms with E-state index in [0.29, 0.717) is 12.1 Å². The maximum absolute atomic E-state index is 5.55. The molecule has 1 heterocycles. The molecule has 0 bridgehead atoms. The van der Waals surface area contributed by atoms with Gasteiger partial charge in [0.15, 0.2) is 0 Å². The third-order valence-corrected chi connectivity index (χ3v) is 4.35. The molecule has 0 aliphatic carbocycles. The highest BCUT2D eigenvalue weighted by atomic mass is 16.5. The highest BCUT2D eigenvalue weighted by molar-refractivity contribution is 5.37. The van der Waals surface area contributed by atoms with Crippen LogP contribution in [0.1, 0.15) is 45.2 Å². The number of benzene rings is 1. The number of rotatable bonds is 6. The summed E-state index contributed by atoms with van der Waals surface area (Å²) in [6.45, 7) is 12.1. The van der Waals surface area contributed by atoms with E-state index >= 15 is 0 Å². The van der Waals surface area contributed by atoms with Gasteiger partial charge in [0.1, 0.15) is 5.75 Å². The number of methoxy groups -OCH3 is 1. The van der Waals surface area contributed by atoms with E-state index in [2.05, 4.69) is 56.1 Å². The highest BCUT2D eigenvalue weighted by Crippen LogP contribution is 2.28. The fourth-order valence-electron chi connectivity index (χ4n) is 3.21. The number of likely N-dealkylation sites (tertiary alicyclic amines) is 1. The van der Waals surface area contributed by atoms with Crippen LogP contribution in [0, 0.1) is 5.92 Å². The van der Waals surface area contributed by atoms with Gasteiger partial charge in [0.05, 0.1) is 7.11 Å². The lowest BCUT2D eigenvalue weighted by atomic mass is 10.1. The zero-order valence-electron chi connectivity index (χ0n) is 14.1. The van der Waals surface area contributed by atoms with E-state index < -0.39 is 0 Å². The lowest BCUT2D eigenvalue weighted by Crippen LogP contribution is -2.27. The summed E-state index contributed by atoms with van der Waals surface area (Å²) >= 11 is 0. The Morgan fingerprint density at radius 1 is 1.33 bits per heavy atom. The lowest BCUT2D eigenvalue weighted by Gasteiger charge is -2.23. The number of nitrogens with one attached hydrogen (secondary N) is 1. The van der Waals surface area contributed by atoms with Crippen LogP contribution in [-0.2, 0) is 13.1 Å². The van der Waals surface area contributed by atoms with Gasteiger partial charge in [-0.05, 0) is 37.0 Å². The molecular weight excluding hydrogens is 260 g/mol. The second kappa shape index (κ2) is 7.28. The summed E-state index contributed by atoms with van der Waals surface area (Å²) < 4.78 is 5.55. The smallest absolute Gasteiger partial charge is 0.123 e. The molecular formula is C18H30N2O. The van der Waals surface area contributed by atoms with Crippen LogP contribution in [0.15, 0.2) is 18.2 Å². The molecule has 0 saturated carbocycles. The molecule has 118 valence electrons. The number of nitrogens with zero attached hydrogens (tertiary/aromatic N) is 1. The van der Waals surface area contributed by atoms with Crippen molar-refractivity contribution in [1.82, 2.24) is 10.2 Å². The predicted octanol–water partition coefficient (Wildman–Crippen LogP) is 3.42. The maximum atomic E-state index is 5.55. The van der Waals surface area contributed by atoms with Gasteiger partial charge in [-0.25, -0.2) is 0 Å². The summed E-state index contributed by atoms with van der Waals surface area (Å²) in [7, 11) is 1.76. The SMILES string of the molecule is COc1ccc(CNC(C)C)cc1CN1CC(C)CC1C. The van der Waals surface area contributed by atoms with Crippen LogP contribution in [0.25, 0.3) is 0 Å². The monoisotopic (exact) mass is 290 g/mol. The van der Waals surface area contributed by atoms with Crippen molar-refractivity contribution in [2.24, 2.45) is 5.92 Å². The second-order valence-electron chi connectivity index (χ2n) is 6.80. The Morgan fingerprint density at radius 2 is 2.10 bits per heavy atom. The van der Waals surface area contributed by atoms with Gasteiger partial charge in [-0.1, -0.05) is 26.8 Å². The molecule has 3 nitrogen and oxygen atoms in total. The Kier molecular flexibility index (Phi) is 5.65. The van der Waals surface area contributed by atoms with Gasteiger partial charge in [-0.15, -0.1) is 0 Å². The normalized spacial score (nSPS) is 23.0. The first-order chi connectivity index (χ1) is 9.99. The Bertz CT molecular complexity index is 459. The lowest BCUT2D eigenvalue weighted by molar-refractivity contribution is 0.252. The van der Waals surface area contributed by atoms with Crippen molar-refractivity contribution < 1.29 is 4.74 Å². The number of hydrogen-bond acceptors (Lipinski definition) is 3. The zero-order valence-corrected chi connectivity index (χ0v) is 14.1. The summed E-state index contributed by atoms with van der Waals surface area (Å²) in [5.41, 5.74) is 2.64. The van der Waals surface area contributed by atoms with Gasteiger partial charge in [0.25, 0.3) is 0 Å². The summed E-state index contributed by atoms with van der Waals surface area (Å²) in [6.07, 6.45) is 1.30.